The van der Waals surface area contributed by atoms with Gasteiger partial charge in [0.05, 0.1) is 18.2 Å². The van der Waals surface area contributed by atoms with Crippen LogP contribution in [-0.2, 0) is 53.4 Å². The van der Waals surface area contributed by atoms with Gasteiger partial charge in [-0.15, -0.1) is 0 Å². The van der Waals surface area contributed by atoms with Crippen LogP contribution in [0.5, 0.6) is 0 Å². The monoisotopic (exact) mass is 795 g/mol. The lowest BCUT2D eigenvalue weighted by Crippen LogP contribution is -2.45. The number of hydrogen-bond acceptors (Lipinski definition) is 12. The van der Waals surface area contributed by atoms with E-state index in [2.05, 4.69) is 5.32 Å². The van der Waals surface area contributed by atoms with E-state index in [0.717, 1.165) is 6.08 Å². The molecule has 0 aromatic heterocycles. The second-order valence-corrected chi connectivity index (χ2v) is 16.2. The van der Waals surface area contributed by atoms with Crippen LogP contribution in [0.15, 0.2) is 103 Å². The molecule has 306 valence electrons. The van der Waals surface area contributed by atoms with E-state index in [0.29, 0.717) is 16.7 Å². The molecule has 13 nitrogen and oxygen atoms in total. The molecule has 2 saturated heterocycles. The van der Waals surface area contributed by atoms with Crippen LogP contribution in [0, 0.1) is 5.41 Å². The Labute approximate surface area is 337 Å². The maximum atomic E-state index is 14.1. The molecule has 0 saturated carbocycles. The Hall–Kier alpha value is -5.63. The molecule has 5 unspecified atom stereocenters. The van der Waals surface area contributed by atoms with E-state index < -0.39 is 83.7 Å². The molecule has 2 heterocycles. The number of carbonyl (C=O) groups excluding carboxylic acids is 5. The first-order valence-electron chi connectivity index (χ1n) is 19.2. The van der Waals surface area contributed by atoms with Gasteiger partial charge in [-0.1, -0.05) is 92.7 Å². The Morgan fingerprint density at radius 3 is 2.16 bits per heavy atom. The fourth-order valence-corrected chi connectivity index (χ4v) is 7.04. The van der Waals surface area contributed by atoms with E-state index in [1.165, 1.54) is 12.1 Å². The highest BCUT2D eigenvalue weighted by atomic mass is 16.8. The summed E-state index contributed by atoms with van der Waals surface area (Å²) in [6.45, 7) is 8.46. The number of aliphatic hydroxyl groups is 1. The van der Waals surface area contributed by atoms with Gasteiger partial charge in [0.2, 0.25) is 17.8 Å². The predicted octanol–water partition coefficient (Wildman–Crippen LogP) is 5.33. The normalized spacial score (nSPS) is 22.6. The van der Waals surface area contributed by atoms with Crippen LogP contribution in [0.1, 0.15) is 80.9 Å². The van der Waals surface area contributed by atoms with Crippen molar-refractivity contribution in [2.45, 2.75) is 95.7 Å². The summed E-state index contributed by atoms with van der Waals surface area (Å²) in [4.78, 5) is 65.4. The first kappa shape index (κ1) is 42.0. The molecule has 5 atom stereocenters. The molecule has 1 aliphatic carbocycles. The lowest BCUT2D eigenvalue weighted by molar-refractivity contribution is -0.159. The number of nitrogens with one attached hydrogen (secondary N) is 1. The molecule has 1 amide bonds. The van der Waals surface area contributed by atoms with Crippen molar-refractivity contribution in [1.82, 2.24) is 5.32 Å². The summed E-state index contributed by atoms with van der Waals surface area (Å²) in [7, 11) is 0. The minimum atomic E-state index is -1.44. The van der Waals surface area contributed by atoms with Gasteiger partial charge in [-0.3, -0.25) is 9.59 Å². The van der Waals surface area contributed by atoms with Crippen LogP contribution in [0.3, 0.4) is 0 Å². The van der Waals surface area contributed by atoms with E-state index in [1.54, 1.807) is 58.9 Å². The molecular weight excluding hydrogens is 746 g/mol. The van der Waals surface area contributed by atoms with Gasteiger partial charge < -0.3 is 38.8 Å². The van der Waals surface area contributed by atoms with Crippen LogP contribution < -0.4 is 5.32 Å². The highest BCUT2D eigenvalue weighted by Crippen LogP contribution is 2.47. The van der Waals surface area contributed by atoms with Gasteiger partial charge in [-0.25, -0.2) is 14.4 Å². The van der Waals surface area contributed by atoms with Crippen LogP contribution >= 0.6 is 0 Å². The lowest BCUT2D eigenvalue weighted by Gasteiger charge is -2.31. The topological polar surface area (TPSA) is 173 Å². The van der Waals surface area contributed by atoms with Gasteiger partial charge in [-0.05, 0) is 51.0 Å². The number of cyclic esters (lactones) is 1. The molecule has 0 radical (unpaired) electrons. The molecule has 3 aromatic rings. The maximum Gasteiger partial charge on any atom is 0.348 e. The molecule has 58 heavy (non-hydrogen) atoms. The standard InChI is InChI=1S/C45H49NO12/c1-43(2,3)57-37(49)23-21-32(26-47)46-40(50)29-24-34(38-35(25-29)56-45(58-38,30-15-8-6-9-16-30)31-17-10-7-11-18-31)54-41(51)33-19-13-12-14-28(33)20-22-36(48)55-39-42(52)53-27-44(39,4)5/h6-20,22,25,32,34-35,38-39,47H,21,23-24,26-27H2,1-5H3,(H,46,50). The Morgan fingerprint density at radius 2 is 1.55 bits per heavy atom. The molecule has 6 rings (SSSR count). The van der Waals surface area contributed by atoms with E-state index in [4.69, 9.17) is 28.4 Å². The summed E-state index contributed by atoms with van der Waals surface area (Å²) in [5.74, 6) is -4.62. The zero-order valence-electron chi connectivity index (χ0n) is 33.2. The van der Waals surface area contributed by atoms with Crippen molar-refractivity contribution in [2.24, 2.45) is 5.41 Å². The van der Waals surface area contributed by atoms with Crippen molar-refractivity contribution < 1.29 is 57.5 Å². The summed E-state index contributed by atoms with van der Waals surface area (Å²) in [6, 6.07) is 24.3. The van der Waals surface area contributed by atoms with Gasteiger partial charge in [0.1, 0.15) is 30.5 Å². The van der Waals surface area contributed by atoms with E-state index in [1.807, 2.05) is 60.7 Å². The summed E-state index contributed by atoms with van der Waals surface area (Å²) in [5.41, 5.74) is 0.644. The van der Waals surface area contributed by atoms with Crippen molar-refractivity contribution in [3.63, 3.8) is 0 Å². The average molecular weight is 796 g/mol. The Bertz CT molecular complexity index is 2010. The molecule has 2 N–H and O–H groups in total. The van der Waals surface area contributed by atoms with Crippen LogP contribution in [-0.4, -0.2) is 84.2 Å². The fraction of sp³-hybridized carbons (Fsp3) is 0.400. The minimum Gasteiger partial charge on any atom is -0.462 e. The SMILES string of the molecule is CC(C)(C)OC(=O)CCC(CO)NC(=O)C1=CC2OC(c3ccccc3)(c3ccccc3)OC2C(OC(=O)c2ccccc2C=CC(=O)OC2C(=O)OCC2(C)C)C1. The number of rotatable bonds is 13. The lowest BCUT2D eigenvalue weighted by atomic mass is 9.90. The van der Waals surface area contributed by atoms with Crippen LogP contribution in [0.25, 0.3) is 6.08 Å². The van der Waals surface area contributed by atoms with Crippen molar-refractivity contribution in [1.29, 1.82) is 0 Å². The molecular formula is C45H49NO12. The highest BCUT2D eigenvalue weighted by Gasteiger charge is 2.55. The zero-order chi connectivity index (χ0) is 41.7. The zero-order valence-corrected chi connectivity index (χ0v) is 33.2. The number of amides is 1. The van der Waals surface area contributed by atoms with Gasteiger partial charge in [0.15, 0.2) is 0 Å². The number of aliphatic hydroxyl groups excluding tert-OH is 1. The molecule has 3 aromatic carbocycles. The molecule has 0 bridgehead atoms. The number of benzene rings is 3. The van der Waals surface area contributed by atoms with Crippen LogP contribution in [0.2, 0.25) is 0 Å². The molecule has 13 heteroatoms. The van der Waals surface area contributed by atoms with Crippen molar-refractivity contribution in [3.05, 3.63) is 125 Å². The quantitative estimate of drug-likeness (QED) is 0.130. The minimum absolute atomic E-state index is 0.0307. The molecule has 2 fully saturated rings. The van der Waals surface area contributed by atoms with E-state index >= 15 is 0 Å². The Morgan fingerprint density at radius 1 is 0.914 bits per heavy atom. The van der Waals surface area contributed by atoms with Crippen LogP contribution in [0.4, 0.5) is 0 Å². The van der Waals surface area contributed by atoms with Gasteiger partial charge in [-0.2, -0.15) is 0 Å². The second kappa shape index (κ2) is 17.5. The van der Waals surface area contributed by atoms with Gasteiger partial charge in [0, 0.05) is 41.0 Å². The second-order valence-electron chi connectivity index (χ2n) is 16.2. The third-order valence-electron chi connectivity index (χ3n) is 9.94. The average Bonchev–Trinajstić information content (AvgIpc) is 3.72. The third-order valence-corrected chi connectivity index (χ3v) is 9.94. The first-order chi connectivity index (χ1) is 27.6. The highest BCUT2D eigenvalue weighted by molar-refractivity contribution is 5.97. The number of hydrogen-bond donors (Lipinski definition) is 2. The number of ether oxygens (including phenoxy) is 6. The molecule has 0 spiro atoms. The summed E-state index contributed by atoms with van der Waals surface area (Å²) in [6.07, 6.45) is 0.292. The smallest absolute Gasteiger partial charge is 0.348 e. The molecule has 3 aliphatic rings. The van der Waals surface area contributed by atoms with Crippen molar-refractivity contribution in [3.8, 4) is 0 Å². The Kier molecular flexibility index (Phi) is 12.6. The number of carbonyl (C=O) groups is 5. The predicted molar refractivity (Wildman–Crippen MR) is 210 cm³/mol. The van der Waals surface area contributed by atoms with Gasteiger partial charge in [0.25, 0.3) is 0 Å². The van der Waals surface area contributed by atoms with Crippen molar-refractivity contribution >= 4 is 35.9 Å². The first-order valence-corrected chi connectivity index (χ1v) is 19.2. The number of fused-ring (bicyclic) bond motifs is 1. The van der Waals surface area contributed by atoms with Gasteiger partial charge >= 0.3 is 23.9 Å². The van der Waals surface area contributed by atoms with Crippen molar-refractivity contribution in [2.75, 3.05) is 13.2 Å². The van der Waals surface area contributed by atoms with E-state index in [9.17, 15) is 29.1 Å². The fourth-order valence-electron chi connectivity index (χ4n) is 7.04. The summed E-state index contributed by atoms with van der Waals surface area (Å²) in [5, 5.41) is 13.0. The Balaban J connectivity index is 1.26. The largest absolute Gasteiger partial charge is 0.462 e. The van der Waals surface area contributed by atoms with E-state index in [-0.39, 0.29) is 37.0 Å². The number of esters is 4. The third kappa shape index (κ3) is 9.72. The summed E-state index contributed by atoms with van der Waals surface area (Å²) < 4.78 is 35.7. The molecule has 2 aliphatic heterocycles. The summed E-state index contributed by atoms with van der Waals surface area (Å²) >= 11 is 0. The maximum absolute atomic E-state index is 14.1.